The van der Waals surface area contributed by atoms with Gasteiger partial charge in [-0.3, -0.25) is 9.48 Å². The Labute approximate surface area is 129 Å². The molecule has 2 aromatic heterocycles. The van der Waals surface area contributed by atoms with Crippen molar-refractivity contribution in [3.05, 3.63) is 36.0 Å². The molecule has 0 bridgehead atoms. The number of amides is 1. The van der Waals surface area contributed by atoms with Gasteiger partial charge in [0.2, 0.25) is 0 Å². The summed E-state index contributed by atoms with van der Waals surface area (Å²) in [5, 5.41) is 11.5. The van der Waals surface area contributed by atoms with Crippen LogP contribution in [0.1, 0.15) is 28.9 Å². The summed E-state index contributed by atoms with van der Waals surface area (Å²) < 4.78 is 6.79. The molecule has 118 valence electrons. The highest BCUT2D eigenvalue weighted by atomic mass is 16.3. The van der Waals surface area contributed by atoms with Gasteiger partial charge in [-0.15, -0.1) is 5.10 Å². The number of rotatable bonds is 5. The van der Waals surface area contributed by atoms with Gasteiger partial charge in [0, 0.05) is 25.7 Å². The normalized spacial score (nSPS) is 18.3. The molecule has 0 aliphatic carbocycles. The van der Waals surface area contributed by atoms with E-state index in [-0.39, 0.29) is 5.91 Å². The molecule has 0 spiro atoms. The van der Waals surface area contributed by atoms with Gasteiger partial charge in [0.15, 0.2) is 5.69 Å². The van der Waals surface area contributed by atoms with Crippen molar-refractivity contribution in [1.82, 2.24) is 25.2 Å². The first-order valence-electron chi connectivity index (χ1n) is 7.60. The number of carbonyl (C=O) groups excluding carboxylic acids is 1. The third kappa shape index (κ3) is 3.54. The molecule has 0 radical (unpaired) electrons. The van der Waals surface area contributed by atoms with Crippen LogP contribution in [0.4, 0.5) is 0 Å². The van der Waals surface area contributed by atoms with Crippen molar-refractivity contribution in [2.45, 2.75) is 25.9 Å². The molecule has 1 fully saturated rings. The maximum Gasteiger partial charge on any atom is 0.276 e. The van der Waals surface area contributed by atoms with E-state index in [0.29, 0.717) is 18.2 Å². The van der Waals surface area contributed by atoms with E-state index in [2.05, 4.69) is 15.6 Å². The molecule has 0 saturated carbocycles. The monoisotopic (exact) mass is 303 g/mol. The SMILES string of the molecule is CN(Cc1ccoc1)C(=O)c1cn(C[C@@H]2CCCNC2)nn1. The Morgan fingerprint density at radius 1 is 1.59 bits per heavy atom. The van der Waals surface area contributed by atoms with Gasteiger partial charge in [-0.1, -0.05) is 5.21 Å². The lowest BCUT2D eigenvalue weighted by atomic mass is 10.00. The van der Waals surface area contributed by atoms with Crippen molar-refractivity contribution in [3.63, 3.8) is 0 Å². The van der Waals surface area contributed by atoms with E-state index in [1.54, 1.807) is 35.4 Å². The van der Waals surface area contributed by atoms with Crippen molar-refractivity contribution in [3.8, 4) is 0 Å². The van der Waals surface area contributed by atoms with Crippen LogP contribution in [-0.2, 0) is 13.1 Å². The van der Waals surface area contributed by atoms with Gasteiger partial charge in [-0.05, 0) is 37.9 Å². The molecular weight excluding hydrogens is 282 g/mol. The van der Waals surface area contributed by atoms with Crippen LogP contribution in [0.3, 0.4) is 0 Å². The Morgan fingerprint density at radius 2 is 2.50 bits per heavy atom. The van der Waals surface area contributed by atoms with Crippen molar-refractivity contribution >= 4 is 5.91 Å². The van der Waals surface area contributed by atoms with Gasteiger partial charge >= 0.3 is 0 Å². The molecule has 22 heavy (non-hydrogen) atoms. The predicted molar refractivity (Wildman–Crippen MR) is 80.1 cm³/mol. The van der Waals surface area contributed by atoms with Crippen molar-refractivity contribution in [2.75, 3.05) is 20.1 Å². The second kappa shape index (κ2) is 6.74. The van der Waals surface area contributed by atoms with Crippen molar-refractivity contribution in [1.29, 1.82) is 0 Å². The lowest BCUT2D eigenvalue weighted by Gasteiger charge is -2.22. The Hall–Kier alpha value is -2.15. The van der Waals surface area contributed by atoms with E-state index in [1.807, 2.05) is 6.07 Å². The van der Waals surface area contributed by atoms with Crippen LogP contribution >= 0.6 is 0 Å². The molecule has 0 unspecified atom stereocenters. The van der Waals surface area contributed by atoms with Crippen molar-refractivity contribution in [2.24, 2.45) is 5.92 Å². The largest absolute Gasteiger partial charge is 0.472 e. The smallest absolute Gasteiger partial charge is 0.276 e. The number of piperidine rings is 1. The molecule has 1 aliphatic heterocycles. The van der Waals surface area contributed by atoms with Gasteiger partial charge in [-0.25, -0.2) is 0 Å². The zero-order valence-corrected chi connectivity index (χ0v) is 12.7. The molecule has 1 amide bonds. The summed E-state index contributed by atoms with van der Waals surface area (Å²) in [7, 11) is 1.75. The van der Waals surface area contributed by atoms with Crippen molar-refractivity contribution < 1.29 is 9.21 Å². The van der Waals surface area contributed by atoms with E-state index in [1.165, 1.54) is 12.8 Å². The van der Waals surface area contributed by atoms with Crippen LogP contribution < -0.4 is 5.32 Å². The molecular formula is C15H21N5O2. The number of hydrogen-bond acceptors (Lipinski definition) is 5. The number of furan rings is 1. The van der Waals surface area contributed by atoms with Gasteiger partial charge in [0.05, 0.1) is 18.7 Å². The van der Waals surface area contributed by atoms with E-state index >= 15 is 0 Å². The first-order valence-corrected chi connectivity index (χ1v) is 7.60. The fraction of sp³-hybridized carbons (Fsp3) is 0.533. The minimum absolute atomic E-state index is 0.130. The van der Waals surface area contributed by atoms with E-state index < -0.39 is 0 Å². The molecule has 3 heterocycles. The Kier molecular flexibility index (Phi) is 4.53. The fourth-order valence-electron chi connectivity index (χ4n) is 2.75. The number of nitrogens with one attached hydrogen (secondary N) is 1. The van der Waals surface area contributed by atoms with Crippen LogP contribution in [0, 0.1) is 5.92 Å². The maximum absolute atomic E-state index is 12.3. The molecule has 3 rings (SSSR count). The Morgan fingerprint density at radius 3 is 3.23 bits per heavy atom. The van der Waals surface area contributed by atoms with E-state index in [9.17, 15) is 4.79 Å². The minimum Gasteiger partial charge on any atom is -0.472 e. The second-order valence-corrected chi connectivity index (χ2v) is 5.83. The van der Waals surface area contributed by atoms with Crippen LogP contribution in [0.2, 0.25) is 0 Å². The average Bonchev–Trinajstić information content (AvgIpc) is 3.19. The number of carbonyl (C=O) groups is 1. The third-order valence-electron chi connectivity index (χ3n) is 3.95. The van der Waals surface area contributed by atoms with Crippen LogP contribution in [-0.4, -0.2) is 45.9 Å². The number of nitrogens with zero attached hydrogens (tertiary/aromatic N) is 4. The quantitative estimate of drug-likeness (QED) is 0.896. The zero-order valence-electron chi connectivity index (χ0n) is 12.7. The zero-order chi connectivity index (χ0) is 15.4. The van der Waals surface area contributed by atoms with Gasteiger partial charge in [-0.2, -0.15) is 0 Å². The summed E-state index contributed by atoms with van der Waals surface area (Å²) in [6, 6.07) is 1.84. The predicted octanol–water partition coefficient (Wildman–Crippen LogP) is 1.14. The van der Waals surface area contributed by atoms with E-state index in [4.69, 9.17) is 4.42 Å². The number of aromatic nitrogens is 3. The molecule has 2 aromatic rings. The topological polar surface area (TPSA) is 76.2 Å². The average molecular weight is 303 g/mol. The summed E-state index contributed by atoms with van der Waals surface area (Å²) >= 11 is 0. The summed E-state index contributed by atoms with van der Waals surface area (Å²) in [4.78, 5) is 14.0. The van der Waals surface area contributed by atoms with E-state index in [0.717, 1.165) is 25.2 Å². The Bertz CT molecular complexity index is 601. The summed E-state index contributed by atoms with van der Waals surface area (Å²) in [6.45, 7) is 3.40. The first kappa shape index (κ1) is 14.8. The van der Waals surface area contributed by atoms with Gasteiger partial charge in [0.1, 0.15) is 0 Å². The molecule has 0 aromatic carbocycles. The molecule has 1 N–H and O–H groups in total. The maximum atomic E-state index is 12.3. The standard InChI is InChI=1S/C15H21N5O2/c1-19(8-13-4-6-22-11-13)15(21)14-10-20(18-17-14)9-12-3-2-5-16-7-12/h4,6,10-12,16H,2-3,5,7-9H2,1H3/t12-/m1/s1. The second-order valence-electron chi connectivity index (χ2n) is 5.83. The summed E-state index contributed by atoms with van der Waals surface area (Å²) in [6.07, 6.45) is 7.36. The minimum atomic E-state index is -0.130. The van der Waals surface area contributed by atoms with Crippen LogP contribution in [0.25, 0.3) is 0 Å². The highest BCUT2D eigenvalue weighted by molar-refractivity contribution is 5.91. The van der Waals surface area contributed by atoms with Gasteiger partial charge < -0.3 is 14.6 Å². The molecule has 7 heteroatoms. The molecule has 1 saturated heterocycles. The molecule has 7 nitrogen and oxygen atoms in total. The molecule has 1 aliphatic rings. The Balaban J connectivity index is 1.58. The number of hydrogen-bond donors (Lipinski definition) is 1. The first-order chi connectivity index (χ1) is 10.7. The van der Waals surface area contributed by atoms with Crippen LogP contribution in [0.15, 0.2) is 29.2 Å². The lowest BCUT2D eigenvalue weighted by molar-refractivity contribution is 0.0779. The van der Waals surface area contributed by atoms with Crippen LogP contribution in [0.5, 0.6) is 0 Å². The van der Waals surface area contributed by atoms with Gasteiger partial charge in [0.25, 0.3) is 5.91 Å². The highest BCUT2D eigenvalue weighted by Gasteiger charge is 2.18. The molecule has 1 atom stereocenters. The third-order valence-corrected chi connectivity index (χ3v) is 3.95. The fourth-order valence-corrected chi connectivity index (χ4v) is 2.75. The highest BCUT2D eigenvalue weighted by Crippen LogP contribution is 2.12. The lowest BCUT2D eigenvalue weighted by Crippen LogP contribution is -2.32. The summed E-state index contributed by atoms with van der Waals surface area (Å²) in [5.74, 6) is 0.427. The summed E-state index contributed by atoms with van der Waals surface area (Å²) in [5.41, 5.74) is 1.34.